The molecule has 6 heteroatoms. The van der Waals surface area contributed by atoms with Gasteiger partial charge >= 0.3 is 6.61 Å². The average molecular weight is 257 g/mol. The highest BCUT2D eigenvalue weighted by Gasteiger charge is 2.11. The molecule has 0 aliphatic carbocycles. The zero-order chi connectivity index (χ0) is 13.1. The number of halogens is 4. The van der Waals surface area contributed by atoms with E-state index in [1.165, 1.54) is 18.2 Å². The Balaban J connectivity index is 2.32. The van der Waals surface area contributed by atoms with Crippen LogP contribution in [0.5, 0.6) is 5.88 Å². The summed E-state index contributed by atoms with van der Waals surface area (Å²) in [6.07, 6.45) is 1.13. The number of rotatable bonds is 3. The van der Waals surface area contributed by atoms with E-state index in [9.17, 15) is 17.6 Å². The Hall–Kier alpha value is -2.11. The summed E-state index contributed by atoms with van der Waals surface area (Å²) in [4.78, 5) is 3.57. The average Bonchev–Trinajstić information content (AvgIpc) is 2.33. The Morgan fingerprint density at radius 2 is 1.83 bits per heavy atom. The van der Waals surface area contributed by atoms with Crippen molar-refractivity contribution in [2.45, 2.75) is 6.61 Å². The molecule has 0 unspecified atom stereocenters. The van der Waals surface area contributed by atoms with Crippen molar-refractivity contribution in [3.63, 3.8) is 0 Å². The fourth-order valence-electron chi connectivity index (χ4n) is 1.43. The van der Waals surface area contributed by atoms with Crippen molar-refractivity contribution in [2.75, 3.05) is 0 Å². The number of hydrogen-bond donors (Lipinski definition) is 0. The van der Waals surface area contributed by atoms with Crippen molar-refractivity contribution in [3.8, 4) is 17.0 Å². The first-order valence-corrected chi connectivity index (χ1v) is 4.93. The fourth-order valence-corrected chi connectivity index (χ4v) is 1.43. The Kier molecular flexibility index (Phi) is 3.45. The van der Waals surface area contributed by atoms with E-state index in [0.717, 1.165) is 18.3 Å². The van der Waals surface area contributed by atoms with Crippen molar-refractivity contribution in [2.24, 2.45) is 0 Å². The minimum Gasteiger partial charge on any atom is -0.417 e. The number of pyridine rings is 1. The van der Waals surface area contributed by atoms with Gasteiger partial charge in [0.2, 0.25) is 5.88 Å². The van der Waals surface area contributed by atoms with Crippen molar-refractivity contribution in [3.05, 3.63) is 48.2 Å². The molecule has 18 heavy (non-hydrogen) atoms. The van der Waals surface area contributed by atoms with Crippen LogP contribution < -0.4 is 4.74 Å². The Bertz CT molecular complexity index is 542. The molecule has 0 saturated heterocycles. The van der Waals surface area contributed by atoms with Crippen LogP contribution in [0.15, 0.2) is 36.5 Å². The summed E-state index contributed by atoms with van der Waals surface area (Å²) in [7, 11) is 0. The first-order chi connectivity index (χ1) is 8.58. The summed E-state index contributed by atoms with van der Waals surface area (Å²) in [6.45, 7) is -2.98. The van der Waals surface area contributed by atoms with Crippen LogP contribution in [0.25, 0.3) is 11.1 Å². The molecular weight excluding hydrogens is 250 g/mol. The summed E-state index contributed by atoms with van der Waals surface area (Å²) in [5.41, 5.74) is 0.278. The SMILES string of the molecule is Fc1cccc(-c2ccc(OC(F)F)nc2)c1F. The largest absolute Gasteiger partial charge is 0.417 e. The highest BCUT2D eigenvalue weighted by Crippen LogP contribution is 2.25. The van der Waals surface area contributed by atoms with Crippen molar-refractivity contribution in [1.29, 1.82) is 0 Å². The van der Waals surface area contributed by atoms with Crippen LogP contribution in [0.4, 0.5) is 17.6 Å². The number of benzene rings is 1. The molecular formula is C12H7F4NO. The van der Waals surface area contributed by atoms with Crippen molar-refractivity contribution in [1.82, 2.24) is 4.98 Å². The molecule has 0 N–H and O–H groups in total. The number of alkyl halides is 2. The lowest BCUT2D eigenvalue weighted by Gasteiger charge is -2.06. The van der Waals surface area contributed by atoms with E-state index < -0.39 is 18.2 Å². The third-order valence-corrected chi connectivity index (χ3v) is 2.21. The lowest BCUT2D eigenvalue weighted by molar-refractivity contribution is -0.0528. The normalized spacial score (nSPS) is 10.7. The highest BCUT2D eigenvalue weighted by atomic mass is 19.3. The Morgan fingerprint density at radius 1 is 1.06 bits per heavy atom. The zero-order valence-corrected chi connectivity index (χ0v) is 8.91. The third-order valence-electron chi connectivity index (χ3n) is 2.21. The summed E-state index contributed by atoms with van der Waals surface area (Å²) in [6, 6.07) is 6.18. The summed E-state index contributed by atoms with van der Waals surface area (Å²) >= 11 is 0. The lowest BCUT2D eigenvalue weighted by Crippen LogP contribution is -2.03. The second-order valence-corrected chi connectivity index (χ2v) is 3.36. The molecule has 0 amide bonds. The van der Waals surface area contributed by atoms with E-state index in [1.807, 2.05) is 0 Å². The molecule has 1 heterocycles. The smallest absolute Gasteiger partial charge is 0.388 e. The highest BCUT2D eigenvalue weighted by molar-refractivity contribution is 5.63. The minimum atomic E-state index is -2.98. The standard InChI is InChI=1S/C12H7F4NO/c13-9-3-1-2-8(11(9)14)7-4-5-10(17-6-7)18-12(15)16/h1-6,12H. The minimum absolute atomic E-state index is 0.00565. The quantitative estimate of drug-likeness (QED) is 0.783. The number of hydrogen-bond acceptors (Lipinski definition) is 2. The van der Waals surface area contributed by atoms with Gasteiger partial charge in [-0.2, -0.15) is 8.78 Å². The van der Waals surface area contributed by atoms with E-state index in [1.54, 1.807) is 0 Å². The van der Waals surface area contributed by atoms with Gasteiger partial charge in [-0.15, -0.1) is 0 Å². The van der Waals surface area contributed by atoms with Gasteiger partial charge < -0.3 is 4.74 Å². The Morgan fingerprint density at radius 3 is 2.44 bits per heavy atom. The van der Waals surface area contributed by atoms with Crippen LogP contribution >= 0.6 is 0 Å². The predicted octanol–water partition coefficient (Wildman–Crippen LogP) is 3.63. The maximum Gasteiger partial charge on any atom is 0.388 e. The molecule has 1 aromatic heterocycles. The van der Waals surface area contributed by atoms with Crippen LogP contribution in [0.1, 0.15) is 0 Å². The molecule has 1 aromatic carbocycles. The summed E-state index contributed by atoms with van der Waals surface area (Å²) in [5, 5.41) is 0. The molecule has 0 radical (unpaired) electrons. The molecule has 0 aliphatic heterocycles. The van der Waals surface area contributed by atoms with Gasteiger partial charge in [0.1, 0.15) is 0 Å². The Labute approximate surface area is 99.8 Å². The predicted molar refractivity (Wildman–Crippen MR) is 56.2 cm³/mol. The maximum absolute atomic E-state index is 13.4. The van der Waals surface area contributed by atoms with Gasteiger partial charge in [-0.3, -0.25) is 0 Å². The van der Waals surface area contributed by atoms with Gasteiger partial charge in [-0.1, -0.05) is 12.1 Å². The molecule has 0 atom stereocenters. The molecule has 2 nitrogen and oxygen atoms in total. The van der Waals surface area contributed by atoms with Gasteiger partial charge in [0.25, 0.3) is 0 Å². The molecule has 94 valence electrons. The van der Waals surface area contributed by atoms with E-state index in [4.69, 9.17) is 0 Å². The molecule has 2 rings (SSSR count). The first-order valence-electron chi connectivity index (χ1n) is 4.93. The summed E-state index contributed by atoms with van der Waals surface area (Å²) < 4.78 is 54.3. The molecule has 0 bridgehead atoms. The van der Waals surface area contributed by atoms with E-state index in [-0.39, 0.29) is 17.0 Å². The first kappa shape index (κ1) is 12.3. The van der Waals surface area contributed by atoms with E-state index >= 15 is 0 Å². The fraction of sp³-hybridized carbons (Fsp3) is 0.0833. The van der Waals surface area contributed by atoms with Crippen LogP contribution in [-0.4, -0.2) is 11.6 Å². The molecule has 0 spiro atoms. The third kappa shape index (κ3) is 2.58. The van der Waals surface area contributed by atoms with Crippen molar-refractivity contribution < 1.29 is 22.3 Å². The molecule has 0 saturated carbocycles. The monoisotopic (exact) mass is 257 g/mol. The van der Waals surface area contributed by atoms with Gasteiger partial charge in [0, 0.05) is 23.4 Å². The van der Waals surface area contributed by atoms with Gasteiger partial charge in [0.15, 0.2) is 11.6 Å². The molecule has 0 fully saturated rings. The van der Waals surface area contributed by atoms with Crippen LogP contribution in [0.2, 0.25) is 0 Å². The van der Waals surface area contributed by atoms with E-state index in [0.29, 0.717) is 0 Å². The van der Waals surface area contributed by atoms with Crippen LogP contribution in [0, 0.1) is 11.6 Å². The number of aromatic nitrogens is 1. The zero-order valence-electron chi connectivity index (χ0n) is 8.91. The van der Waals surface area contributed by atoms with Crippen molar-refractivity contribution >= 4 is 0 Å². The van der Waals surface area contributed by atoms with Gasteiger partial charge in [0.05, 0.1) is 0 Å². The summed E-state index contributed by atoms with van der Waals surface area (Å²) in [5.74, 6) is -2.28. The second kappa shape index (κ2) is 5.03. The van der Waals surface area contributed by atoms with Gasteiger partial charge in [-0.05, 0) is 12.1 Å². The lowest BCUT2D eigenvalue weighted by atomic mass is 10.1. The molecule has 2 aromatic rings. The number of ether oxygens (including phenoxy) is 1. The van der Waals surface area contributed by atoms with Gasteiger partial charge in [-0.25, -0.2) is 13.8 Å². The van der Waals surface area contributed by atoms with E-state index in [2.05, 4.69) is 9.72 Å². The second-order valence-electron chi connectivity index (χ2n) is 3.36. The van der Waals surface area contributed by atoms with Crippen LogP contribution in [-0.2, 0) is 0 Å². The topological polar surface area (TPSA) is 22.1 Å². The van der Waals surface area contributed by atoms with Crippen LogP contribution in [0.3, 0.4) is 0 Å². The maximum atomic E-state index is 13.4. The molecule has 0 aliphatic rings. The number of nitrogens with zero attached hydrogens (tertiary/aromatic N) is 1.